The fraction of sp³-hybridized carbons (Fsp3) is 0.111. The number of methoxy groups -OCH3 is 1. The van der Waals surface area contributed by atoms with E-state index >= 15 is 0 Å². The van der Waals surface area contributed by atoms with Crippen LogP contribution in [0.5, 0.6) is 5.75 Å². The number of carbonyl (C=O) groups is 2. The van der Waals surface area contributed by atoms with Gasteiger partial charge in [-0.2, -0.15) is 0 Å². The number of esters is 1. The highest BCUT2D eigenvalue weighted by Gasteiger charge is 2.18. The van der Waals surface area contributed by atoms with Crippen molar-refractivity contribution >= 4 is 18.1 Å². The van der Waals surface area contributed by atoms with E-state index in [1.54, 1.807) is 0 Å². The van der Waals surface area contributed by atoms with Gasteiger partial charge in [-0.15, -0.1) is 0 Å². The zero-order valence-corrected chi connectivity index (χ0v) is 8.21. The lowest BCUT2D eigenvalue weighted by Crippen LogP contribution is -2.03. The smallest absolute Gasteiger partial charge is 0.337 e. The van der Waals surface area contributed by atoms with Crippen LogP contribution in [-0.4, -0.2) is 24.5 Å². The van der Waals surface area contributed by atoms with Gasteiger partial charge in [0.15, 0.2) is 0 Å². The largest absolute Gasteiger partial charge is 0.465 e. The second-order valence-electron chi connectivity index (χ2n) is 2.65. The van der Waals surface area contributed by atoms with Crippen molar-refractivity contribution in [1.82, 2.24) is 0 Å². The quantitative estimate of drug-likeness (QED) is 0.327. The first-order valence-electron chi connectivity index (χ1n) is 4.07. The number of hydrogen-bond acceptors (Lipinski definition) is 6. The van der Waals surface area contributed by atoms with E-state index in [1.165, 1.54) is 13.2 Å². The van der Waals surface area contributed by atoms with E-state index in [1.807, 2.05) is 0 Å². The number of carbonyl (C=O) groups excluding carboxylic acids is 2. The van der Waals surface area contributed by atoms with Crippen molar-refractivity contribution in [3.8, 4) is 5.75 Å². The third-order valence-electron chi connectivity index (χ3n) is 1.75. The minimum absolute atomic E-state index is 0.0450. The molecule has 16 heavy (non-hydrogen) atoms. The first-order valence-corrected chi connectivity index (χ1v) is 4.07. The number of nitro benzene ring substituents is 1. The predicted octanol–water partition coefficient (Wildman–Crippen LogP) is 0.917. The van der Waals surface area contributed by atoms with Gasteiger partial charge in [-0.3, -0.25) is 14.9 Å². The Hall–Kier alpha value is -2.44. The summed E-state index contributed by atoms with van der Waals surface area (Å²) in [5, 5.41) is 10.5. The molecule has 0 N–H and O–H groups in total. The molecular weight excluding hydrogens is 218 g/mol. The Labute approximate surface area is 89.7 Å². The molecule has 0 saturated carbocycles. The molecule has 0 bridgehead atoms. The standard InChI is InChI=1S/C9H7NO6/c1-15-9(12)6-2-3-7(10(13)14)8(4-6)16-5-11/h2-5H,1H3. The minimum Gasteiger partial charge on any atom is -0.465 e. The molecule has 0 saturated heterocycles. The van der Waals surface area contributed by atoms with Gasteiger partial charge in [0.2, 0.25) is 5.75 Å². The number of benzene rings is 1. The first kappa shape index (κ1) is 11.6. The van der Waals surface area contributed by atoms with E-state index in [2.05, 4.69) is 9.47 Å². The van der Waals surface area contributed by atoms with Crippen LogP contribution in [0.3, 0.4) is 0 Å². The van der Waals surface area contributed by atoms with Crippen LogP contribution < -0.4 is 4.74 Å². The number of nitrogens with zero attached hydrogens (tertiary/aromatic N) is 1. The zero-order valence-electron chi connectivity index (χ0n) is 8.21. The maximum absolute atomic E-state index is 11.1. The van der Waals surface area contributed by atoms with E-state index < -0.39 is 16.6 Å². The molecule has 0 aliphatic heterocycles. The highest BCUT2D eigenvalue weighted by molar-refractivity contribution is 5.90. The lowest BCUT2D eigenvalue weighted by Gasteiger charge is -2.02. The first-order chi connectivity index (χ1) is 7.60. The van der Waals surface area contributed by atoms with Crippen LogP contribution in [0, 0.1) is 10.1 Å². The summed E-state index contributed by atoms with van der Waals surface area (Å²) in [6.07, 6.45) is 0. The van der Waals surface area contributed by atoms with Crippen LogP contribution in [0.4, 0.5) is 5.69 Å². The van der Waals surface area contributed by atoms with E-state index in [-0.39, 0.29) is 17.8 Å². The van der Waals surface area contributed by atoms with Crippen LogP contribution in [-0.2, 0) is 9.53 Å². The predicted molar refractivity (Wildman–Crippen MR) is 51.1 cm³/mol. The van der Waals surface area contributed by atoms with Gasteiger partial charge in [0.05, 0.1) is 17.6 Å². The summed E-state index contributed by atoms with van der Waals surface area (Å²) in [6.45, 7) is 0.0450. The van der Waals surface area contributed by atoms with Gasteiger partial charge in [-0.05, 0) is 6.07 Å². The number of hydrogen-bond donors (Lipinski definition) is 0. The third kappa shape index (κ3) is 2.32. The molecule has 7 heteroatoms. The molecule has 1 aromatic carbocycles. The van der Waals surface area contributed by atoms with Gasteiger partial charge >= 0.3 is 11.7 Å². The zero-order chi connectivity index (χ0) is 12.1. The van der Waals surface area contributed by atoms with Gasteiger partial charge in [0.1, 0.15) is 0 Å². The lowest BCUT2D eigenvalue weighted by atomic mass is 10.2. The Morgan fingerprint density at radius 1 is 1.50 bits per heavy atom. The van der Waals surface area contributed by atoms with E-state index in [4.69, 9.17) is 0 Å². The molecule has 0 fully saturated rings. The molecule has 0 aliphatic rings. The van der Waals surface area contributed by atoms with E-state index in [0.717, 1.165) is 12.1 Å². The van der Waals surface area contributed by atoms with Crippen LogP contribution in [0.15, 0.2) is 18.2 Å². The Balaban J connectivity index is 3.21. The molecule has 0 atom stereocenters. The van der Waals surface area contributed by atoms with Crippen LogP contribution in [0.2, 0.25) is 0 Å². The summed E-state index contributed by atoms with van der Waals surface area (Å²) in [5.74, 6) is -0.978. The monoisotopic (exact) mass is 225 g/mol. The summed E-state index contributed by atoms with van der Waals surface area (Å²) in [7, 11) is 1.17. The molecule has 0 radical (unpaired) electrons. The molecular formula is C9H7NO6. The molecule has 0 amide bonds. The van der Waals surface area contributed by atoms with Crippen molar-refractivity contribution in [2.24, 2.45) is 0 Å². The minimum atomic E-state index is -0.722. The number of ether oxygens (including phenoxy) is 2. The van der Waals surface area contributed by atoms with Crippen molar-refractivity contribution < 1.29 is 24.0 Å². The Morgan fingerprint density at radius 3 is 2.69 bits per heavy atom. The van der Waals surface area contributed by atoms with Gasteiger partial charge < -0.3 is 9.47 Å². The Kier molecular flexibility index (Phi) is 3.54. The highest BCUT2D eigenvalue weighted by atomic mass is 16.6. The molecule has 84 valence electrons. The molecule has 0 aliphatic carbocycles. The second kappa shape index (κ2) is 4.87. The summed E-state index contributed by atoms with van der Waals surface area (Å²) in [6, 6.07) is 3.34. The highest BCUT2D eigenvalue weighted by Crippen LogP contribution is 2.27. The van der Waals surface area contributed by atoms with Crippen molar-refractivity contribution in [1.29, 1.82) is 0 Å². The normalized spacial score (nSPS) is 9.31. The van der Waals surface area contributed by atoms with Gasteiger partial charge in [-0.25, -0.2) is 4.79 Å². The Bertz CT molecular complexity index is 442. The van der Waals surface area contributed by atoms with Crippen LogP contribution in [0.1, 0.15) is 10.4 Å². The summed E-state index contributed by atoms with van der Waals surface area (Å²) in [4.78, 5) is 31.1. The second-order valence-corrected chi connectivity index (χ2v) is 2.65. The maximum Gasteiger partial charge on any atom is 0.337 e. The molecule has 1 rings (SSSR count). The molecule has 0 aromatic heterocycles. The molecule has 0 unspecified atom stereocenters. The third-order valence-corrected chi connectivity index (χ3v) is 1.75. The van der Waals surface area contributed by atoms with E-state index in [9.17, 15) is 19.7 Å². The molecule has 7 nitrogen and oxygen atoms in total. The maximum atomic E-state index is 11.1. The topological polar surface area (TPSA) is 95.7 Å². The lowest BCUT2D eigenvalue weighted by molar-refractivity contribution is -0.385. The van der Waals surface area contributed by atoms with Crippen molar-refractivity contribution in [2.45, 2.75) is 0 Å². The fourth-order valence-corrected chi connectivity index (χ4v) is 1.06. The average Bonchev–Trinajstić information content (AvgIpc) is 2.28. The summed E-state index contributed by atoms with van der Waals surface area (Å²) >= 11 is 0. The SMILES string of the molecule is COC(=O)c1ccc([N+](=O)[O-])c(OC=O)c1. The summed E-state index contributed by atoms with van der Waals surface area (Å²) < 4.78 is 8.82. The summed E-state index contributed by atoms with van der Waals surface area (Å²) in [5.41, 5.74) is -0.343. The van der Waals surface area contributed by atoms with Gasteiger partial charge in [0.25, 0.3) is 6.47 Å². The Morgan fingerprint density at radius 2 is 2.19 bits per heavy atom. The van der Waals surface area contributed by atoms with Crippen LogP contribution in [0.25, 0.3) is 0 Å². The van der Waals surface area contributed by atoms with Crippen molar-refractivity contribution in [3.05, 3.63) is 33.9 Å². The number of nitro groups is 1. The van der Waals surface area contributed by atoms with Gasteiger partial charge in [0, 0.05) is 12.1 Å². The van der Waals surface area contributed by atoms with Gasteiger partial charge in [-0.1, -0.05) is 0 Å². The average molecular weight is 225 g/mol. The fourth-order valence-electron chi connectivity index (χ4n) is 1.06. The van der Waals surface area contributed by atoms with Crippen molar-refractivity contribution in [3.63, 3.8) is 0 Å². The van der Waals surface area contributed by atoms with Crippen LogP contribution >= 0.6 is 0 Å². The molecule has 1 aromatic rings. The van der Waals surface area contributed by atoms with Crippen molar-refractivity contribution in [2.75, 3.05) is 7.11 Å². The number of rotatable bonds is 4. The molecule has 0 heterocycles. The van der Waals surface area contributed by atoms with E-state index in [0.29, 0.717) is 0 Å². The molecule has 0 spiro atoms.